The van der Waals surface area contributed by atoms with Crippen molar-refractivity contribution in [2.75, 3.05) is 37.4 Å². The number of hydrogen-bond donors (Lipinski definition) is 1. The number of nitrogens with one attached hydrogen (secondary N) is 1. The number of rotatable bonds is 11. The Labute approximate surface area is 227 Å². The van der Waals surface area contributed by atoms with E-state index in [1.54, 1.807) is 36.4 Å². The molecule has 2 aromatic carbocycles. The van der Waals surface area contributed by atoms with Gasteiger partial charge in [0.1, 0.15) is 19.3 Å². The molecule has 1 heterocycles. The topological polar surface area (TPSA) is 105 Å². The summed E-state index contributed by atoms with van der Waals surface area (Å²) >= 11 is 12.2. The molecule has 0 aliphatic carbocycles. The van der Waals surface area contributed by atoms with Crippen LogP contribution in [0.5, 0.6) is 11.5 Å². The Bertz CT molecular complexity index is 1240. The summed E-state index contributed by atoms with van der Waals surface area (Å²) in [7, 11) is -2.12. The predicted molar refractivity (Wildman–Crippen MR) is 144 cm³/mol. The molecule has 0 bridgehead atoms. The van der Waals surface area contributed by atoms with Crippen molar-refractivity contribution in [2.24, 2.45) is 0 Å². The largest absolute Gasteiger partial charge is 0.486 e. The maximum absolute atomic E-state index is 13.4. The van der Waals surface area contributed by atoms with E-state index in [0.29, 0.717) is 46.9 Å². The molecule has 0 radical (unpaired) electrons. The van der Waals surface area contributed by atoms with Crippen molar-refractivity contribution in [3.8, 4) is 11.5 Å². The van der Waals surface area contributed by atoms with Gasteiger partial charge < -0.3 is 19.7 Å². The summed E-state index contributed by atoms with van der Waals surface area (Å²) in [6, 6.07) is 9.28. The van der Waals surface area contributed by atoms with Gasteiger partial charge in [-0.3, -0.25) is 13.9 Å². The van der Waals surface area contributed by atoms with Crippen molar-refractivity contribution in [2.45, 2.75) is 38.8 Å². The van der Waals surface area contributed by atoms with Crippen LogP contribution in [-0.2, 0) is 26.2 Å². The average Bonchev–Trinajstić information content (AvgIpc) is 2.87. The molecule has 3 rings (SSSR count). The number of ether oxygens (including phenoxy) is 2. The van der Waals surface area contributed by atoms with E-state index >= 15 is 0 Å². The zero-order chi connectivity index (χ0) is 27.2. The number of anilines is 1. The monoisotopic (exact) mass is 571 g/mol. The Balaban J connectivity index is 1.76. The van der Waals surface area contributed by atoms with E-state index in [-0.39, 0.29) is 37.7 Å². The van der Waals surface area contributed by atoms with Gasteiger partial charge in [0, 0.05) is 32.6 Å². The summed E-state index contributed by atoms with van der Waals surface area (Å²) in [4.78, 5) is 27.4. The SMILES string of the molecule is CC[C@@H](C(=O)NC)N(Cc1ccc(Cl)c(Cl)c1)C(=O)CCCN(c1ccc2c(c1)OCCO2)S(C)(=O)=O. The fourth-order valence-electron chi connectivity index (χ4n) is 4.11. The summed E-state index contributed by atoms with van der Waals surface area (Å²) < 4.78 is 37.5. The average molecular weight is 573 g/mol. The maximum Gasteiger partial charge on any atom is 0.242 e. The second-order valence-corrected chi connectivity index (χ2v) is 11.3. The van der Waals surface area contributed by atoms with Crippen LogP contribution >= 0.6 is 23.2 Å². The summed E-state index contributed by atoms with van der Waals surface area (Å²) in [5, 5.41) is 3.35. The molecule has 1 aliphatic rings. The highest BCUT2D eigenvalue weighted by atomic mass is 35.5. The molecule has 0 spiro atoms. The minimum atomic E-state index is -3.64. The zero-order valence-corrected chi connectivity index (χ0v) is 23.3. The first-order valence-electron chi connectivity index (χ1n) is 11.9. The third kappa shape index (κ3) is 7.43. The lowest BCUT2D eigenvalue weighted by Crippen LogP contribution is -2.48. The molecule has 12 heteroatoms. The van der Waals surface area contributed by atoms with Gasteiger partial charge in [-0.2, -0.15) is 0 Å². The smallest absolute Gasteiger partial charge is 0.242 e. The maximum atomic E-state index is 13.4. The highest BCUT2D eigenvalue weighted by Gasteiger charge is 2.28. The van der Waals surface area contributed by atoms with Crippen LogP contribution in [0, 0.1) is 0 Å². The molecule has 0 saturated carbocycles. The molecule has 0 unspecified atom stereocenters. The molecule has 0 fully saturated rings. The second kappa shape index (κ2) is 12.7. The van der Waals surface area contributed by atoms with Crippen molar-refractivity contribution >= 4 is 50.7 Å². The first-order valence-corrected chi connectivity index (χ1v) is 14.5. The molecule has 0 saturated heterocycles. The molecule has 0 aromatic heterocycles. The Morgan fingerprint density at radius 1 is 1.05 bits per heavy atom. The van der Waals surface area contributed by atoms with Gasteiger partial charge in [-0.25, -0.2) is 8.42 Å². The first kappa shape index (κ1) is 28.9. The van der Waals surface area contributed by atoms with Crippen LogP contribution in [0.25, 0.3) is 0 Å². The van der Waals surface area contributed by atoms with Gasteiger partial charge in [0.15, 0.2) is 11.5 Å². The second-order valence-electron chi connectivity index (χ2n) is 8.58. The number of fused-ring (bicyclic) bond motifs is 1. The number of likely N-dealkylation sites (N-methyl/N-ethyl adjacent to an activating group) is 1. The van der Waals surface area contributed by atoms with Gasteiger partial charge in [-0.15, -0.1) is 0 Å². The first-order chi connectivity index (χ1) is 17.5. The Hall–Kier alpha value is -2.69. The van der Waals surface area contributed by atoms with Crippen LogP contribution in [0.1, 0.15) is 31.7 Å². The number of carbonyl (C=O) groups excluding carboxylic acids is 2. The highest BCUT2D eigenvalue weighted by Crippen LogP contribution is 2.35. The molecule has 37 heavy (non-hydrogen) atoms. The predicted octanol–water partition coefficient (Wildman–Crippen LogP) is 3.86. The number of amides is 2. The number of halogens is 2. The van der Waals surface area contributed by atoms with E-state index < -0.39 is 16.1 Å². The number of sulfonamides is 1. The lowest BCUT2D eigenvalue weighted by atomic mass is 10.1. The van der Waals surface area contributed by atoms with Crippen LogP contribution in [0.4, 0.5) is 5.69 Å². The molecular formula is C25H31Cl2N3O6S. The molecule has 1 aliphatic heterocycles. The molecular weight excluding hydrogens is 541 g/mol. The quantitative estimate of drug-likeness (QED) is 0.439. The van der Waals surface area contributed by atoms with Gasteiger partial charge in [0.2, 0.25) is 21.8 Å². The van der Waals surface area contributed by atoms with Gasteiger partial charge in [-0.05, 0) is 42.7 Å². The lowest BCUT2D eigenvalue weighted by Gasteiger charge is -2.31. The lowest BCUT2D eigenvalue weighted by molar-refractivity contribution is -0.141. The molecule has 2 amide bonds. The van der Waals surface area contributed by atoms with Crippen molar-refractivity contribution in [3.05, 3.63) is 52.0 Å². The normalized spacial score (nSPS) is 13.5. The molecule has 9 nitrogen and oxygen atoms in total. The summed E-state index contributed by atoms with van der Waals surface area (Å²) in [6.07, 6.45) is 1.79. The third-order valence-corrected chi connectivity index (χ3v) is 7.87. The molecule has 1 N–H and O–H groups in total. The van der Waals surface area contributed by atoms with E-state index in [2.05, 4.69) is 5.32 Å². The van der Waals surface area contributed by atoms with Crippen molar-refractivity contribution in [1.29, 1.82) is 0 Å². The van der Waals surface area contributed by atoms with Crippen LogP contribution in [0.15, 0.2) is 36.4 Å². The van der Waals surface area contributed by atoms with Crippen LogP contribution in [0.3, 0.4) is 0 Å². The summed E-state index contributed by atoms with van der Waals surface area (Å²) in [5.41, 5.74) is 1.14. The Morgan fingerprint density at radius 3 is 2.38 bits per heavy atom. The Kier molecular flexibility index (Phi) is 9.92. The number of nitrogens with zero attached hydrogens (tertiary/aromatic N) is 2. The van der Waals surface area contributed by atoms with E-state index in [0.717, 1.165) is 11.8 Å². The fraction of sp³-hybridized carbons (Fsp3) is 0.440. The Morgan fingerprint density at radius 2 is 1.76 bits per heavy atom. The van der Waals surface area contributed by atoms with E-state index in [1.807, 2.05) is 6.92 Å². The molecule has 2 aromatic rings. The van der Waals surface area contributed by atoms with Gasteiger partial charge in [0.25, 0.3) is 0 Å². The van der Waals surface area contributed by atoms with Crippen LogP contribution < -0.4 is 19.1 Å². The third-order valence-electron chi connectivity index (χ3n) is 5.94. The number of carbonyl (C=O) groups is 2. The number of benzene rings is 2. The van der Waals surface area contributed by atoms with Gasteiger partial charge >= 0.3 is 0 Å². The van der Waals surface area contributed by atoms with Crippen molar-refractivity contribution < 1.29 is 27.5 Å². The van der Waals surface area contributed by atoms with Crippen molar-refractivity contribution in [1.82, 2.24) is 10.2 Å². The van der Waals surface area contributed by atoms with Crippen molar-refractivity contribution in [3.63, 3.8) is 0 Å². The zero-order valence-electron chi connectivity index (χ0n) is 21.0. The highest BCUT2D eigenvalue weighted by molar-refractivity contribution is 7.92. The van der Waals surface area contributed by atoms with Crippen LogP contribution in [0.2, 0.25) is 10.0 Å². The summed E-state index contributed by atoms with van der Waals surface area (Å²) in [6.45, 7) is 2.85. The minimum Gasteiger partial charge on any atom is -0.486 e. The van der Waals surface area contributed by atoms with Gasteiger partial charge in [0.05, 0.1) is 22.0 Å². The molecule has 1 atom stereocenters. The van der Waals surface area contributed by atoms with E-state index in [9.17, 15) is 18.0 Å². The molecule has 202 valence electrons. The minimum absolute atomic E-state index is 0.0331. The summed E-state index contributed by atoms with van der Waals surface area (Å²) in [5.74, 6) is 0.455. The van der Waals surface area contributed by atoms with E-state index in [1.165, 1.54) is 16.3 Å². The van der Waals surface area contributed by atoms with E-state index in [4.69, 9.17) is 32.7 Å². The number of hydrogen-bond acceptors (Lipinski definition) is 6. The van der Waals surface area contributed by atoms with Gasteiger partial charge in [-0.1, -0.05) is 36.2 Å². The van der Waals surface area contributed by atoms with Crippen LogP contribution in [-0.4, -0.2) is 64.2 Å². The standard InChI is InChI=1S/C25H31Cl2N3O6S/c1-4-21(25(32)28-2)29(16-17-7-9-19(26)20(27)14-17)24(31)6-5-11-30(37(3,33)34)18-8-10-22-23(15-18)36-13-12-35-22/h7-10,14-15,21H,4-6,11-13,16H2,1-3H3,(H,28,32)/t21-/m0/s1. The fourth-order valence-corrected chi connectivity index (χ4v) is 5.39.